The molecule has 0 aromatic carbocycles. The Morgan fingerprint density at radius 2 is 1.26 bits per heavy atom. The van der Waals surface area contributed by atoms with Gasteiger partial charge in [0.2, 0.25) is 0 Å². The smallest absolute Gasteiger partial charge is 0.394 e. The lowest BCUT2D eigenvalue weighted by atomic mass is 10.1. The second-order valence-corrected chi connectivity index (χ2v) is 6.63. The van der Waals surface area contributed by atoms with E-state index in [1.807, 2.05) is 0 Å². The minimum atomic E-state index is -4.64. The Labute approximate surface area is 139 Å². The van der Waals surface area contributed by atoms with Gasteiger partial charge in [-0.1, -0.05) is 64.7 Å². The molecular weight excluding hydrogens is 323 g/mol. The van der Waals surface area contributed by atoms with Crippen molar-refractivity contribution in [1.82, 2.24) is 0 Å². The fraction of sp³-hybridized carbons (Fsp3) is 1.00. The van der Waals surface area contributed by atoms with E-state index in [0.717, 1.165) is 6.42 Å². The average Bonchev–Trinajstić information content (AvgIpc) is 2.46. The van der Waals surface area contributed by atoms with Crippen LogP contribution < -0.4 is 0 Å². The van der Waals surface area contributed by atoms with Gasteiger partial charge in [0.15, 0.2) is 0 Å². The second-order valence-electron chi connectivity index (χ2n) is 5.61. The lowest BCUT2D eigenvalue weighted by Crippen LogP contribution is -2.19. The molecule has 0 fully saturated rings. The molecule has 142 valence electrons. The number of rotatable bonds is 14. The standard InChI is InChI=1S/C15H32O3.H3O4P/c1-2-3-4-5-6-7-8-9-10-11-12-18-14-15(17)13-16;1-5(2,3)4/h15-17H,2-14H2,1H3;(H3,1,2,3,4). The highest BCUT2D eigenvalue weighted by Crippen LogP contribution is 2.25. The summed E-state index contributed by atoms with van der Waals surface area (Å²) in [7, 11) is -4.64. The van der Waals surface area contributed by atoms with E-state index in [1.54, 1.807) is 0 Å². The molecule has 1 unspecified atom stereocenters. The zero-order chi connectivity index (χ0) is 18.0. The summed E-state index contributed by atoms with van der Waals surface area (Å²) in [5.74, 6) is 0. The van der Waals surface area contributed by atoms with Crippen LogP contribution in [0.15, 0.2) is 0 Å². The van der Waals surface area contributed by atoms with Crippen molar-refractivity contribution in [3.63, 3.8) is 0 Å². The van der Waals surface area contributed by atoms with E-state index in [4.69, 9.17) is 34.2 Å². The number of aliphatic hydroxyl groups is 2. The van der Waals surface area contributed by atoms with Crippen LogP contribution in [0, 0.1) is 0 Å². The zero-order valence-corrected chi connectivity index (χ0v) is 15.2. The lowest BCUT2D eigenvalue weighted by Gasteiger charge is -2.07. The minimum Gasteiger partial charge on any atom is -0.394 e. The highest BCUT2D eigenvalue weighted by atomic mass is 31.2. The zero-order valence-electron chi connectivity index (χ0n) is 14.3. The molecule has 0 heterocycles. The second kappa shape index (κ2) is 18.3. The van der Waals surface area contributed by atoms with E-state index >= 15 is 0 Å². The average molecular weight is 358 g/mol. The molecule has 0 aliphatic heterocycles. The largest absolute Gasteiger partial charge is 0.466 e. The SMILES string of the molecule is CCCCCCCCCCCCOCC(O)CO.O=P(O)(O)O. The molecule has 0 rings (SSSR count). The number of hydrogen-bond acceptors (Lipinski definition) is 4. The van der Waals surface area contributed by atoms with E-state index in [1.165, 1.54) is 57.8 Å². The Bertz CT molecular complexity index is 262. The highest BCUT2D eigenvalue weighted by Gasteiger charge is 2.01. The summed E-state index contributed by atoms with van der Waals surface area (Å²) in [6, 6.07) is 0. The van der Waals surface area contributed by atoms with Crippen LogP contribution >= 0.6 is 7.82 Å². The first-order valence-corrected chi connectivity index (χ1v) is 10.0. The van der Waals surface area contributed by atoms with Crippen molar-refractivity contribution in [2.24, 2.45) is 0 Å². The Morgan fingerprint density at radius 1 is 0.870 bits per heavy atom. The molecule has 0 saturated carbocycles. The fourth-order valence-electron chi connectivity index (χ4n) is 1.96. The minimum absolute atomic E-state index is 0.210. The van der Waals surface area contributed by atoms with Gasteiger partial charge in [0.1, 0.15) is 6.10 Å². The van der Waals surface area contributed by atoms with Crippen LogP contribution in [0.4, 0.5) is 0 Å². The normalized spacial score (nSPS) is 12.6. The molecule has 0 bridgehead atoms. The third kappa shape index (κ3) is 34.4. The Balaban J connectivity index is 0. The Kier molecular flexibility index (Phi) is 20.1. The van der Waals surface area contributed by atoms with Crippen molar-refractivity contribution in [3.05, 3.63) is 0 Å². The number of phosphoric acid groups is 1. The summed E-state index contributed by atoms with van der Waals surface area (Å²) in [4.78, 5) is 21.6. The van der Waals surface area contributed by atoms with Crippen molar-refractivity contribution in [2.75, 3.05) is 19.8 Å². The summed E-state index contributed by atoms with van der Waals surface area (Å²) in [6.45, 7) is 3.00. The van der Waals surface area contributed by atoms with Crippen molar-refractivity contribution < 1.29 is 34.2 Å². The molecule has 0 amide bonds. The molecule has 0 aliphatic carbocycles. The van der Waals surface area contributed by atoms with Crippen LogP contribution in [0.25, 0.3) is 0 Å². The van der Waals surface area contributed by atoms with Gasteiger partial charge in [0, 0.05) is 6.61 Å². The summed E-state index contributed by atoms with van der Waals surface area (Å²) in [5, 5.41) is 17.6. The summed E-state index contributed by atoms with van der Waals surface area (Å²) < 4.78 is 14.1. The topological polar surface area (TPSA) is 127 Å². The van der Waals surface area contributed by atoms with Crippen LogP contribution in [0.1, 0.15) is 71.1 Å². The molecule has 5 N–H and O–H groups in total. The van der Waals surface area contributed by atoms with Crippen LogP contribution in [-0.4, -0.2) is 50.8 Å². The first-order valence-electron chi connectivity index (χ1n) is 8.46. The van der Waals surface area contributed by atoms with Gasteiger partial charge in [-0.25, -0.2) is 4.57 Å². The first kappa shape index (κ1) is 25.2. The quantitative estimate of drug-likeness (QED) is 0.238. The molecular formula is C15H35O7P. The number of hydrogen-bond donors (Lipinski definition) is 5. The number of aliphatic hydroxyl groups excluding tert-OH is 2. The molecule has 1 atom stereocenters. The van der Waals surface area contributed by atoms with Gasteiger partial charge in [-0.05, 0) is 6.42 Å². The third-order valence-corrected chi connectivity index (χ3v) is 3.16. The predicted octanol–water partition coefficient (Wildman–Crippen LogP) is 2.35. The Morgan fingerprint density at radius 3 is 1.65 bits per heavy atom. The molecule has 8 heteroatoms. The maximum atomic E-state index is 9.04. The van der Waals surface area contributed by atoms with Crippen LogP contribution in [0.5, 0.6) is 0 Å². The first-order chi connectivity index (χ1) is 10.8. The molecule has 7 nitrogen and oxygen atoms in total. The van der Waals surface area contributed by atoms with Gasteiger partial charge in [-0.15, -0.1) is 0 Å². The summed E-state index contributed by atoms with van der Waals surface area (Å²) in [5.41, 5.74) is 0. The highest BCUT2D eigenvalue weighted by molar-refractivity contribution is 7.45. The van der Waals surface area contributed by atoms with Gasteiger partial charge in [0.25, 0.3) is 0 Å². The van der Waals surface area contributed by atoms with E-state index in [-0.39, 0.29) is 13.2 Å². The molecule has 0 aliphatic rings. The fourth-order valence-corrected chi connectivity index (χ4v) is 1.96. The molecule has 23 heavy (non-hydrogen) atoms. The summed E-state index contributed by atoms with van der Waals surface area (Å²) >= 11 is 0. The molecule has 0 saturated heterocycles. The predicted molar refractivity (Wildman–Crippen MR) is 90.0 cm³/mol. The van der Waals surface area contributed by atoms with Crippen molar-refractivity contribution in [2.45, 2.75) is 77.2 Å². The van der Waals surface area contributed by atoms with Gasteiger partial charge in [-0.2, -0.15) is 0 Å². The van der Waals surface area contributed by atoms with E-state index < -0.39 is 13.9 Å². The van der Waals surface area contributed by atoms with Crippen molar-refractivity contribution in [1.29, 1.82) is 0 Å². The molecule has 0 aromatic heterocycles. The number of unbranched alkanes of at least 4 members (excludes halogenated alkanes) is 9. The lowest BCUT2D eigenvalue weighted by molar-refractivity contribution is 0.00526. The van der Waals surface area contributed by atoms with Gasteiger partial charge < -0.3 is 29.6 Å². The molecule has 0 radical (unpaired) electrons. The number of ether oxygens (including phenoxy) is 1. The van der Waals surface area contributed by atoms with Crippen molar-refractivity contribution in [3.8, 4) is 0 Å². The third-order valence-electron chi connectivity index (χ3n) is 3.16. The Hall–Kier alpha value is -0.0100. The maximum absolute atomic E-state index is 9.04. The van der Waals surface area contributed by atoms with Crippen LogP contribution in [0.3, 0.4) is 0 Å². The monoisotopic (exact) mass is 358 g/mol. The van der Waals surface area contributed by atoms with E-state index in [0.29, 0.717) is 6.61 Å². The van der Waals surface area contributed by atoms with Crippen LogP contribution in [-0.2, 0) is 9.30 Å². The van der Waals surface area contributed by atoms with Crippen LogP contribution in [0.2, 0.25) is 0 Å². The van der Waals surface area contributed by atoms with Crippen molar-refractivity contribution >= 4 is 7.82 Å². The molecule has 0 aromatic rings. The van der Waals surface area contributed by atoms with Gasteiger partial charge in [0.05, 0.1) is 13.2 Å². The van der Waals surface area contributed by atoms with E-state index in [2.05, 4.69) is 6.92 Å². The van der Waals surface area contributed by atoms with Gasteiger partial charge >= 0.3 is 7.82 Å². The maximum Gasteiger partial charge on any atom is 0.466 e. The van der Waals surface area contributed by atoms with E-state index in [9.17, 15) is 0 Å². The van der Waals surface area contributed by atoms with Gasteiger partial charge in [-0.3, -0.25) is 0 Å². The molecule has 0 spiro atoms. The summed E-state index contributed by atoms with van der Waals surface area (Å²) in [6.07, 6.45) is 12.5.